The number of rotatable bonds is 13. The Morgan fingerprint density at radius 2 is 1.95 bits per heavy atom. The van der Waals surface area contributed by atoms with Crippen LogP contribution in [0.1, 0.15) is 39.5 Å². The predicted octanol–water partition coefficient (Wildman–Crippen LogP) is 5.87. The molecule has 0 bridgehead atoms. The molecule has 0 fully saturated rings. The highest BCUT2D eigenvalue weighted by atomic mass is 32.2. The van der Waals surface area contributed by atoms with Crippen molar-refractivity contribution >= 4 is 61.5 Å². The third-order valence-electron chi connectivity index (χ3n) is 5.67. The summed E-state index contributed by atoms with van der Waals surface area (Å²) < 4.78 is 24.4. The Labute approximate surface area is 232 Å². The Bertz CT molecular complexity index is 1390. The highest BCUT2D eigenvalue weighted by Gasteiger charge is 2.25. The first-order valence-corrected chi connectivity index (χ1v) is 15.3. The SMILES string of the molecule is CCCC[S+]([O-])c1sc2nc(-c3nccs3)cc(-c3ccc(OCCOC(=O)CCC(C)=O)cc3)c2c1N. The molecule has 11 heteroatoms. The molecule has 3 heterocycles. The summed E-state index contributed by atoms with van der Waals surface area (Å²) in [6.07, 6.45) is 3.83. The number of ketones is 1. The van der Waals surface area contributed by atoms with Gasteiger partial charge in [-0.25, -0.2) is 9.97 Å². The van der Waals surface area contributed by atoms with Gasteiger partial charge in [-0.2, -0.15) is 0 Å². The molecular formula is C27H29N3O5S3. The highest BCUT2D eigenvalue weighted by molar-refractivity contribution is 7.93. The summed E-state index contributed by atoms with van der Waals surface area (Å²) in [5.41, 5.74) is 9.62. The van der Waals surface area contributed by atoms with Gasteiger partial charge in [0.15, 0.2) is 0 Å². The van der Waals surface area contributed by atoms with Crippen LogP contribution in [0, 0.1) is 0 Å². The van der Waals surface area contributed by atoms with E-state index in [9.17, 15) is 14.1 Å². The third kappa shape index (κ3) is 6.90. The van der Waals surface area contributed by atoms with Crippen LogP contribution in [0.4, 0.5) is 5.69 Å². The van der Waals surface area contributed by atoms with E-state index in [1.54, 1.807) is 6.20 Å². The molecule has 3 aromatic heterocycles. The molecule has 38 heavy (non-hydrogen) atoms. The molecule has 0 aliphatic heterocycles. The van der Waals surface area contributed by atoms with Gasteiger partial charge in [-0.15, -0.1) is 11.3 Å². The number of unbranched alkanes of at least 4 members (excludes halogenated alkanes) is 1. The number of carbonyl (C=O) groups excluding carboxylic acids is 2. The van der Waals surface area contributed by atoms with Crippen molar-refractivity contribution in [3.8, 4) is 27.6 Å². The lowest BCUT2D eigenvalue weighted by atomic mass is 10.0. The lowest BCUT2D eigenvalue weighted by molar-refractivity contribution is -0.145. The number of nitrogens with two attached hydrogens (primary N) is 1. The summed E-state index contributed by atoms with van der Waals surface area (Å²) in [5, 5.41) is 3.50. The number of nitrogen functional groups attached to an aromatic ring is 1. The van der Waals surface area contributed by atoms with Crippen LogP contribution in [0.25, 0.3) is 32.0 Å². The van der Waals surface area contributed by atoms with Crippen LogP contribution < -0.4 is 10.5 Å². The summed E-state index contributed by atoms with van der Waals surface area (Å²) in [6.45, 7) is 3.81. The van der Waals surface area contributed by atoms with Gasteiger partial charge in [-0.1, -0.05) is 36.8 Å². The second-order valence-corrected chi connectivity index (χ2v) is 12.2. The molecule has 8 nitrogen and oxygen atoms in total. The maximum Gasteiger partial charge on any atom is 0.306 e. The van der Waals surface area contributed by atoms with Crippen LogP contribution in [0.2, 0.25) is 0 Å². The minimum absolute atomic E-state index is 0.0475. The first-order chi connectivity index (χ1) is 18.4. The summed E-state index contributed by atoms with van der Waals surface area (Å²) >= 11 is 1.70. The van der Waals surface area contributed by atoms with Crippen LogP contribution >= 0.6 is 22.7 Å². The van der Waals surface area contributed by atoms with Crippen molar-refractivity contribution in [2.24, 2.45) is 0 Å². The molecule has 0 saturated heterocycles. The van der Waals surface area contributed by atoms with E-state index in [1.807, 2.05) is 35.7 Å². The average molecular weight is 572 g/mol. The third-order valence-corrected chi connectivity index (χ3v) is 9.46. The Morgan fingerprint density at radius 1 is 1.16 bits per heavy atom. The molecule has 2 N–H and O–H groups in total. The van der Waals surface area contributed by atoms with E-state index in [2.05, 4.69) is 11.9 Å². The van der Waals surface area contributed by atoms with Crippen molar-refractivity contribution < 1.29 is 23.6 Å². The van der Waals surface area contributed by atoms with Gasteiger partial charge in [0.2, 0.25) is 4.21 Å². The summed E-state index contributed by atoms with van der Waals surface area (Å²) in [7, 11) is 0. The molecule has 200 valence electrons. The predicted molar refractivity (Wildman–Crippen MR) is 153 cm³/mol. The number of hydrogen-bond donors (Lipinski definition) is 1. The first kappa shape index (κ1) is 28.0. The Balaban J connectivity index is 1.55. The zero-order valence-corrected chi connectivity index (χ0v) is 23.7. The standard InChI is InChI=1S/C27H29N3O5S3/c1-3-4-15-38(33)27-24(28)23-20(16-21(30-26(23)37-27)25-29-11-14-36-25)18-6-8-19(9-7-18)34-12-13-35-22(32)10-5-17(2)31/h6-9,11,14,16H,3-5,10,12-13,15,28H2,1-2H3. The smallest absolute Gasteiger partial charge is 0.306 e. The number of pyridine rings is 1. The summed E-state index contributed by atoms with van der Waals surface area (Å²) in [4.78, 5) is 32.6. The van der Waals surface area contributed by atoms with Gasteiger partial charge in [0.25, 0.3) is 0 Å². The number of thiazole rings is 1. The fourth-order valence-corrected chi connectivity index (χ4v) is 7.11. The Morgan fingerprint density at radius 3 is 2.63 bits per heavy atom. The number of hydrogen-bond acceptors (Lipinski definition) is 10. The van der Waals surface area contributed by atoms with Crippen LogP contribution in [0.3, 0.4) is 0 Å². The van der Waals surface area contributed by atoms with Crippen LogP contribution in [0.15, 0.2) is 46.1 Å². The van der Waals surface area contributed by atoms with Gasteiger partial charge >= 0.3 is 5.97 Å². The average Bonchev–Trinajstić information content (AvgIpc) is 3.57. The van der Waals surface area contributed by atoms with E-state index in [0.717, 1.165) is 44.9 Å². The maximum atomic E-state index is 13.0. The molecule has 1 atom stereocenters. The zero-order chi connectivity index (χ0) is 27.1. The number of Topliss-reactive ketones (excluding diaryl/α,β-unsaturated/α-hetero) is 1. The van der Waals surface area contributed by atoms with Gasteiger partial charge in [-0.3, -0.25) is 4.79 Å². The topological polar surface area (TPSA) is 127 Å². The van der Waals surface area contributed by atoms with Crippen LogP contribution in [0.5, 0.6) is 5.75 Å². The lowest BCUT2D eigenvalue weighted by Crippen LogP contribution is -2.12. The number of ether oxygens (including phenoxy) is 2. The Hall–Kier alpha value is -2.99. The first-order valence-electron chi connectivity index (χ1n) is 12.3. The van der Waals surface area contributed by atoms with E-state index in [0.29, 0.717) is 21.4 Å². The fourth-order valence-electron chi connectivity index (χ4n) is 3.72. The highest BCUT2D eigenvalue weighted by Crippen LogP contribution is 2.44. The monoisotopic (exact) mass is 571 g/mol. The van der Waals surface area contributed by atoms with Crippen LogP contribution in [-0.2, 0) is 25.5 Å². The minimum atomic E-state index is -1.18. The number of benzene rings is 1. The zero-order valence-electron chi connectivity index (χ0n) is 21.2. The number of carbonyl (C=O) groups is 2. The van der Waals surface area contributed by atoms with Crippen molar-refractivity contribution in [1.82, 2.24) is 9.97 Å². The molecule has 0 saturated carbocycles. The van der Waals surface area contributed by atoms with Crippen molar-refractivity contribution in [2.45, 2.75) is 43.7 Å². The number of thiophene rings is 1. The van der Waals surface area contributed by atoms with Gasteiger partial charge in [-0.05, 0) is 53.8 Å². The summed E-state index contributed by atoms with van der Waals surface area (Å²) in [6, 6.07) is 9.51. The van der Waals surface area contributed by atoms with E-state index in [4.69, 9.17) is 20.2 Å². The molecule has 0 spiro atoms. The van der Waals surface area contributed by atoms with Crippen molar-refractivity contribution in [3.63, 3.8) is 0 Å². The maximum absolute atomic E-state index is 13.0. The van der Waals surface area contributed by atoms with E-state index in [-0.39, 0.29) is 31.8 Å². The van der Waals surface area contributed by atoms with Crippen molar-refractivity contribution in [3.05, 3.63) is 41.9 Å². The number of fused-ring (bicyclic) bond motifs is 1. The normalized spacial score (nSPS) is 12.0. The molecular weight excluding hydrogens is 543 g/mol. The van der Waals surface area contributed by atoms with Gasteiger partial charge in [0.1, 0.15) is 51.7 Å². The molecule has 0 aliphatic rings. The largest absolute Gasteiger partial charge is 0.611 e. The lowest BCUT2D eigenvalue weighted by Gasteiger charge is -2.10. The Kier molecular flexibility index (Phi) is 9.73. The van der Waals surface area contributed by atoms with Gasteiger partial charge < -0.3 is 24.6 Å². The molecule has 1 aromatic carbocycles. The van der Waals surface area contributed by atoms with Crippen molar-refractivity contribution in [1.29, 1.82) is 0 Å². The number of nitrogens with zero attached hydrogens (tertiary/aromatic N) is 2. The van der Waals surface area contributed by atoms with E-state index < -0.39 is 17.1 Å². The fraction of sp³-hybridized carbons (Fsp3) is 0.333. The van der Waals surface area contributed by atoms with Crippen molar-refractivity contribution in [2.75, 3.05) is 24.7 Å². The molecule has 1 unspecified atom stereocenters. The van der Waals surface area contributed by atoms with Gasteiger partial charge in [0, 0.05) is 23.4 Å². The van der Waals surface area contributed by atoms with E-state index in [1.165, 1.54) is 29.6 Å². The molecule has 0 radical (unpaired) electrons. The molecule has 0 amide bonds. The number of aromatic nitrogens is 2. The molecule has 4 rings (SSSR count). The number of esters is 1. The quantitative estimate of drug-likeness (QED) is 0.120. The second-order valence-electron chi connectivity index (χ2n) is 8.57. The van der Waals surface area contributed by atoms with Crippen LogP contribution in [-0.4, -0.2) is 45.2 Å². The van der Waals surface area contributed by atoms with Gasteiger partial charge in [0.05, 0.1) is 6.42 Å². The molecule has 0 aliphatic carbocycles. The molecule has 4 aromatic rings. The van der Waals surface area contributed by atoms with E-state index >= 15 is 0 Å². The number of anilines is 1. The second kappa shape index (κ2) is 13.2. The summed E-state index contributed by atoms with van der Waals surface area (Å²) in [5.74, 6) is 0.730. The minimum Gasteiger partial charge on any atom is -0.611 e.